The van der Waals surface area contributed by atoms with E-state index < -0.39 is 0 Å². The summed E-state index contributed by atoms with van der Waals surface area (Å²) in [5, 5.41) is 0. The van der Waals surface area contributed by atoms with Crippen LogP contribution in [0.3, 0.4) is 0 Å². The van der Waals surface area contributed by atoms with E-state index in [1.807, 2.05) is 31.4 Å². The van der Waals surface area contributed by atoms with Gasteiger partial charge in [-0.1, -0.05) is 13.0 Å². The van der Waals surface area contributed by atoms with Crippen molar-refractivity contribution in [1.29, 1.82) is 0 Å². The first-order chi connectivity index (χ1) is 6.33. The molecule has 0 bridgehead atoms. The Hall–Kier alpha value is -1.53. The van der Waals surface area contributed by atoms with Gasteiger partial charge in [-0.15, -0.1) is 5.73 Å². The van der Waals surface area contributed by atoms with Gasteiger partial charge in [0.1, 0.15) is 5.82 Å². The van der Waals surface area contributed by atoms with Gasteiger partial charge in [-0.2, -0.15) is 0 Å². The van der Waals surface area contributed by atoms with Crippen LogP contribution in [0, 0.1) is 0 Å². The van der Waals surface area contributed by atoms with Crippen LogP contribution in [0.25, 0.3) is 12.2 Å². The molecule has 0 atom stereocenters. The molecule has 2 nitrogen and oxygen atoms in total. The van der Waals surface area contributed by atoms with Crippen LogP contribution in [0.4, 0.5) is 0 Å². The fourth-order valence-corrected chi connectivity index (χ4v) is 1.51. The van der Waals surface area contributed by atoms with Gasteiger partial charge in [0.2, 0.25) is 0 Å². The summed E-state index contributed by atoms with van der Waals surface area (Å²) >= 11 is 0. The molecule has 1 aliphatic carbocycles. The third kappa shape index (κ3) is 1.25. The van der Waals surface area contributed by atoms with Crippen molar-refractivity contribution in [1.82, 2.24) is 9.55 Å². The molecule has 66 valence electrons. The van der Waals surface area contributed by atoms with Crippen molar-refractivity contribution in [3.8, 4) is 0 Å². The zero-order valence-electron chi connectivity index (χ0n) is 7.91. The van der Waals surface area contributed by atoms with E-state index in [-0.39, 0.29) is 0 Å². The van der Waals surface area contributed by atoms with Crippen LogP contribution in [-0.2, 0) is 13.5 Å². The van der Waals surface area contributed by atoms with Crippen molar-refractivity contribution >= 4 is 12.2 Å². The van der Waals surface area contributed by atoms with E-state index in [1.165, 1.54) is 0 Å². The highest BCUT2D eigenvalue weighted by Gasteiger charge is 2.08. The predicted octanol–water partition coefficient (Wildman–Crippen LogP) is 2.18. The summed E-state index contributed by atoms with van der Waals surface area (Å²) in [5.74, 6) is 1.12. The van der Waals surface area contributed by atoms with Gasteiger partial charge in [0, 0.05) is 19.5 Å². The lowest BCUT2D eigenvalue weighted by Gasteiger charge is -1.98. The normalized spacial score (nSPS) is 13.1. The van der Waals surface area contributed by atoms with Gasteiger partial charge in [-0.3, -0.25) is 0 Å². The molecule has 2 heteroatoms. The number of rotatable bonds is 1. The third-order valence-corrected chi connectivity index (χ3v) is 2.24. The Morgan fingerprint density at radius 2 is 2.38 bits per heavy atom. The monoisotopic (exact) mass is 172 g/mol. The first kappa shape index (κ1) is 8.09. The molecule has 1 aromatic rings. The van der Waals surface area contributed by atoms with Crippen LogP contribution in [0.1, 0.15) is 24.1 Å². The van der Waals surface area contributed by atoms with Gasteiger partial charge in [-0.05, 0) is 12.2 Å². The van der Waals surface area contributed by atoms with Crippen LogP contribution in [0.15, 0.2) is 17.9 Å². The van der Waals surface area contributed by atoms with Gasteiger partial charge in [0.25, 0.3) is 0 Å². The molecule has 13 heavy (non-hydrogen) atoms. The van der Waals surface area contributed by atoms with E-state index >= 15 is 0 Å². The van der Waals surface area contributed by atoms with Gasteiger partial charge in [0.05, 0.1) is 11.4 Å². The molecule has 1 heterocycles. The molecule has 0 amide bonds. The predicted molar refractivity (Wildman–Crippen MR) is 54.2 cm³/mol. The van der Waals surface area contributed by atoms with Crippen LogP contribution < -0.4 is 0 Å². The zero-order chi connectivity index (χ0) is 9.26. The lowest BCUT2D eigenvalue weighted by Crippen LogP contribution is -1.97. The number of aryl methyl sites for hydroxylation is 1. The second-order valence-electron chi connectivity index (χ2n) is 3.05. The molecule has 0 radical (unpaired) electrons. The minimum absolute atomic E-state index is 0.967. The number of nitrogens with zero attached hydrogens (tertiary/aromatic N) is 2. The molecule has 1 aromatic heterocycles. The van der Waals surface area contributed by atoms with Crippen molar-refractivity contribution < 1.29 is 0 Å². The fraction of sp³-hybridized carbons (Fsp3) is 0.273. The number of fused-ring (bicyclic) bond motifs is 1. The average Bonchev–Trinajstić information content (AvgIpc) is 2.37. The first-order valence-corrected chi connectivity index (χ1v) is 4.47. The molecule has 0 N–H and O–H groups in total. The Kier molecular flexibility index (Phi) is 1.91. The maximum absolute atomic E-state index is 4.51. The lowest BCUT2D eigenvalue weighted by atomic mass is 10.3. The summed E-state index contributed by atoms with van der Waals surface area (Å²) in [4.78, 5) is 4.51. The Labute approximate surface area is 77.9 Å². The Morgan fingerprint density at radius 3 is 3.15 bits per heavy atom. The summed E-state index contributed by atoms with van der Waals surface area (Å²) in [6, 6.07) is 0. The molecule has 0 saturated carbocycles. The van der Waals surface area contributed by atoms with Crippen molar-refractivity contribution in [2.24, 2.45) is 7.05 Å². The van der Waals surface area contributed by atoms with Crippen molar-refractivity contribution in [2.45, 2.75) is 13.3 Å². The Morgan fingerprint density at radius 1 is 1.54 bits per heavy atom. The number of hydrogen-bond acceptors (Lipinski definition) is 1. The summed E-state index contributed by atoms with van der Waals surface area (Å²) in [7, 11) is 2.04. The molecule has 0 aliphatic heterocycles. The van der Waals surface area contributed by atoms with Gasteiger partial charge < -0.3 is 4.57 Å². The highest BCUT2D eigenvalue weighted by molar-refractivity contribution is 5.63. The molecule has 0 unspecified atom stereocenters. The minimum atomic E-state index is 0.967. The highest BCUT2D eigenvalue weighted by Crippen LogP contribution is 2.15. The van der Waals surface area contributed by atoms with Crippen molar-refractivity contribution in [3.63, 3.8) is 0 Å². The lowest BCUT2D eigenvalue weighted by molar-refractivity contribution is 0.801. The topological polar surface area (TPSA) is 17.8 Å². The standard InChI is InChI=1S/C11H12N2/c1-3-11-12-9-7-5-4-6-8-10(9)13(11)2/h4-5,7-8H,3H2,1-2H3. The smallest absolute Gasteiger partial charge is 0.109 e. The highest BCUT2D eigenvalue weighted by atomic mass is 15.1. The SMILES string of the molecule is CCc1nc2c(n1C)C=C=CC=C2. The van der Waals surface area contributed by atoms with E-state index in [1.54, 1.807) is 0 Å². The average molecular weight is 172 g/mol. The van der Waals surface area contributed by atoms with E-state index in [9.17, 15) is 0 Å². The number of hydrogen-bond donors (Lipinski definition) is 0. The molecule has 0 spiro atoms. The zero-order valence-corrected chi connectivity index (χ0v) is 7.91. The fourth-order valence-electron chi connectivity index (χ4n) is 1.51. The summed E-state index contributed by atoms with van der Waals surface area (Å²) in [6.45, 7) is 2.12. The summed E-state index contributed by atoms with van der Waals surface area (Å²) in [6.07, 6.45) is 8.82. The van der Waals surface area contributed by atoms with Crippen LogP contribution in [0.2, 0.25) is 0 Å². The van der Waals surface area contributed by atoms with E-state index in [4.69, 9.17) is 0 Å². The Balaban J connectivity index is 2.65. The molecular weight excluding hydrogens is 160 g/mol. The van der Waals surface area contributed by atoms with Gasteiger partial charge in [0.15, 0.2) is 0 Å². The largest absolute Gasteiger partial charge is 0.331 e. The molecule has 0 fully saturated rings. The number of allylic oxidation sites excluding steroid dienone is 2. The minimum Gasteiger partial charge on any atom is -0.331 e. The van der Waals surface area contributed by atoms with E-state index in [0.717, 1.165) is 23.6 Å². The van der Waals surface area contributed by atoms with Crippen LogP contribution >= 0.6 is 0 Å². The van der Waals surface area contributed by atoms with E-state index in [0.29, 0.717) is 0 Å². The van der Waals surface area contributed by atoms with E-state index in [2.05, 4.69) is 22.2 Å². The van der Waals surface area contributed by atoms with Crippen LogP contribution in [0.5, 0.6) is 0 Å². The molecule has 0 saturated heterocycles. The number of aromatic nitrogens is 2. The van der Waals surface area contributed by atoms with Gasteiger partial charge in [-0.25, -0.2) is 4.98 Å². The molecule has 1 aliphatic rings. The van der Waals surface area contributed by atoms with Crippen molar-refractivity contribution in [3.05, 3.63) is 35.1 Å². The molecular formula is C11H12N2. The summed E-state index contributed by atoms with van der Waals surface area (Å²) < 4.78 is 2.12. The maximum atomic E-state index is 4.51. The molecule has 2 rings (SSSR count). The molecule has 0 aromatic carbocycles. The number of imidazole rings is 1. The summed E-state index contributed by atoms with van der Waals surface area (Å²) in [5.41, 5.74) is 5.27. The van der Waals surface area contributed by atoms with Crippen LogP contribution in [-0.4, -0.2) is 9.55 Å². The quantitative estimate of drug-likeness (QED) is 0.594. The van der Waals surface area contributed by atoms with Crippen molar-refractivity contribution in [2.75, 3.05) is 0 Å². The first-order valence-electron chi connectivity index (χ1n) is 4.47. The Bertz CT molecular complexity index is 416. The second kappa shape index (κ2) is 3.08. The maximum Gasteiger partial charge on any atom is 0.109 e. The second-order valence-corrected chi connectivity index (χ2v) is 3.05. The van der Waals surface area contributed by atoms with Gasteiger partial charge >= 0.3 is 0 Å². The third-order valence-electron chi connectivity index (χ3n) is 2.24.